The Labute approximate surface area is 161 Å². The normalized spacial score (nSPS) is 10.9. The fraction of sp³-hybridized carbons (Fsp3) is 0. The monoisotopic (exact) mass is 362 g/mol. The van der Waals surface area contributed by atoms with E-state index in [0.717, 1.165) is 11.1 Å². The molecule has 27 heavy (non-hydrogen) atoms. The summed E-state index contributed by atoms with van der Waals surface area (Å²) >= 11 is 1.80. The molecule has 2 heterocycles. The summed E-state index contributed by atoms with van der Waals surface area (Å²) < 4.78 is 2.53. The minimum absolute atomic E-state index is 0.580. The van der Waals surface area contributed by atoms with Crippen LogP contribution in [0.3, 0.4) is 0 Å². The number of aromatic nitrogens is 1. The lowest BCUT2D eigenvalue weighted by Gasteiger charge is -2.02. The van der Waals surface area contributed by atoms with Gasteiger partial charge in [-0.25, -0.2) is 0 Å². The fourth-order valence-electron chi connectivity index (χ4n) is 3.43. The molecule has 0 unspecified atom stereocenters. The summed E-state index contributed by atoms with van der Waals surface area (Å²) in [5.74, 6) is 0. The predicted octanol–water partition coefficient (Wildman–Crippen LogP) is 6.66. The third-order valence-corrected chi connectivity index (χ3v) is 5.90. The van der Waals surface area contributed by atoms with Crippen LogP contribution in [0.25, 0.3) is 42.4 Å². The lowest BCUT2D eigenvalue weighted by atomic mass is 10.0. The van der Waals surface area contributed by atoms with Crippen molar-refractivity contribution in [2.24, 2.45) is 0 Å². The van der Waals surface area contributed by atoms with Gasteiger partial charge in [0.05, 0.1) is 5.56 Å². The first-order valence-corrected chi connectivity index (χ1v) is 9.51. The molecule has 0 N–H and O–H groups in total. The molecule has 126 valence electrons. The average Bonchev–Trinajstić information content (AvgIpc) is 3.11. The zero-order valence-corrected chi connectivity index (χ0v) is 15.2. The van der Waals surface area contributed by atoms with Crippen molar-refractivity contribution in [1.29, 1.82) is 5.26 Å². The molecule has 5 aromatic rings. The molecule has 3 heteroatoms. The highest BCUT2D eigenvalue weighted by Gasteiger charge is 2.09. The van der Waals surface area contributed by atoms with E-state index >= 15 is 0 Å². The van der Waals surface area contributed by atoms with Gasteiger partial charge in [-0.15, -0.1) is 11.3 Å². The van der Waals surface area contributed by atoms with Gasteiger partial charge in [-0.3, -0.25) is 4.98 Å². The van der Waals surface area contributed by atoms with Crippen LogP contribution in [0.4, 0.5) is 0 Å². The molecule has 0 aliphatic carbocycles. The van der Waals surface area contributed by atoms with Crippen LogP contribution in [0.2, 0.25) is 0 Å². The lowest BCUT2D eigenvalue weighted by molar-refractivity contribution is 1.30. The van der Waals surface area contributed by atoms with Gasteiger partial charge < -0.3 is 0 Å². The Kier molecular flexibility index (Phi) is 3.71. The van der Waals surface area contributed by atoms with Crippen molar-refractivity contribution in [1.82, 2.24) is 4.98 Å². The summed E-state index contributed by atoms with van der Waals surface area (Å²) in [6.07, 6.45) is 3.40. The molecule has 0 aliphatic rings. The number of nitrogens with zero attached hydrogens (tertiary/aromatic N) is 2. The van der Waals surface area contributed by atoms with Crippen LogP contribution in [0.15, 0.2) is 85.2 Å². The molecule has 0 amide bonds. The molecule has 0 bridgehead atoms. The quantitative estimate of drug-likeness (QED) is 0.352. The second kappa shape index (κ2) is 6.35. The first-order valence-electron chi connectivity index (χ1n) is 8.69. The topological polar surface area (TPSA) is 36.7 Å². The molecule has 5 rings (SSSR count). The smallest absolute Gasteiger partial charge is 0.101 e. The highest BCUT2D eigenvalue weighted by Crippen LogP contribution is 2.38. The van der Waals surface area contributed by atoms with Crippen molar-refractivity contribution in [3.05, 3.63) is 90.8 Å². The maximum atomic E-state index is 9.11. The molecule has 0 saturated heterocycles. The van der Waals surface area contributed by atoms with Crippen molar-refractivity contribution in [3.8, 4) is 28.3 Å². The minimum atomic E-state index is 0.580. The van der Waals surface area contributed by atoms with Crippen LogP contribution in [0, 0.1) is 11.3 Å². The van der Waals surface area contributed by atoms with Crippen molar-refractivity contribution in [2.75, 3.05) is 0 Å². The first-order chi connectivity index (χ1) is 13.3. The van der Waals surface area contributed by atoms with E-state index in [-0.39, 0.29) is 0 Å². The standard InChI is InChI=1S/C24H14N2S/c25-13-16-10-20(15-26-14-16)19-7-9-22-21-8-6-18(17-4-2-1-3-5-17)11-23(21)27-24(22)12-19/h1-12,14-15H. The maximum absolute atomic E-state index is 9.11. The van der Waals surface area contributed by atoms with E-state index in [4.69, 9.17) is 5.26 Å². The van der Waals surface area contributed by atoms with E-state index in [1.165, 1.54) is 31.3 Å². The molecule has 3 aromatic carbocycles. The van der Waals surface area contributed by atoms with E-state index in [9.17, 15) is 0 Å². The Balaban J connectivity index is 1.65. The molecule has 0 radical (unpaired) electrons. The Bertz CT molecular complexity index is 1330. The largest absolute Gasteiger partial charge is 0.263 e. The molecule has 2 nitrogen and oxygen atoms in total. The number of fused-ring (bicyclic) bond motifs is 3. The number of hydrogen-bond donors (Lipinski definition) is 0. The van der Waals surface area contributed by atoms with Crippen molar-refractivity contribution in [3.63, 3.8) is 0 Å². The van der Waals surface area contributed by atoms with Gasteiger partial charge in [0.2, 0.25) is 0 Å². The van der Waals surface area contributed by atoms with Gasteiger partial charge in [0.1, 0.15) is 6.07 Å². The third kappa shape index (κ3) is 2.77. The number of hydrogen-bond acceptors (Lipinski definition) is 3. The Morgan fingerprint density at radius 2 is 1.33 bits per heavy atom. The van der Waals surface area contributed by atoms with Gasteiger partial charge in [0.15, 0.2) is 0 Å². The molecule has 0 fully saturated rings. The van der Waals surface area contributed by atoms with Gasteiger partial charge in [0.25, 0.3) is 0 Å². The lowest BCUT2D eigenvalue weighted by Crippen LogP contribution is -1.82. The van der Waals surface area contributed by atoms with E-state index in [1.807, 2.05) is 18.3 Å². The summed E-state index contributed by atoms with van der Waals surface area (Å²) in [5.41, 5.74) is 5.11. The second-order valence-electron chi connectivity index (χ2n) is 6.46. The minimum Gasteiger partial charge on any atom is -0.263 e. The van der Waals surface area contributed by atoms with Gasteiger partial charge >= 0.3 is 0 Å². The number of thiophene rings is 1. The van der Waals surface area contributed by atoms with Gasteiger partial charge in [-0.05, 0) is 34.9 Å². The Morgan fingerprint density at radius 1 is 0.667 bits per heavy atom. The summed E-state index contributed by atoms with van der Waals surface area (Å²) in [4.78, 5) is 4.18. The Morgan fingerprint density at radius 3 is 2.00 bits per heavy atom. The molecular weight excluding hydrogens is 348 g/mol. The third-order valence-electron chi connectivity index (χ3n) is 4.78. The van der Waals surface area contributed by atoms with Crippen molar-refractivity contribution in [2.45, 2.75) is 0 Å². The summed E-state index contributed by atoms with van der Waals surface area (Å²) in [7, 11) is 0. The SMILES string of the molecule is N#Cc1cncc(-c2ccc3c(c2)sc2cc(-c4ccccc4)ccc23)c1. The van der Waals surface area contributed by atoms with Crippen LogP contribution < -0.4 is 0 Å². The molecule has 0 atom stereocenters. The highest BCUT2D eigenvalue weighted by molar-refractivity contribution is 7.25. The second-order valence-corrected chi connectivity index (χ2v) is 7.55. The fourth-order valence-corrected chi connectivity index (χ4v) is 4.61. The van der Waals surface area contributed by atoms with Gasteiger partial charge in [-0.1, -0.05) is 54.6 Å². The first kappa shape index (κ1) is 15.7. The van der Waals surface area contributed by atoms with Crippen LogP contribution in [-0.4, -0.2) is 4.98 Å². The van der Waals surface area contributed by atoms with Crippen LogP contribution in [-0.2, 0) is 0 Å². The van der Waals surface area contributed by atoms with Gasteiger partial charge in [0, 0.05) is 38.1 Å². The number of rotatable bonds is 2. The van der Waals surface area contributed by atoms with Crippen molar-refractivity contribution >= 4 is 31.5 Å². The molecule has 0 saturated carbocycles. The maximum Gasteiger partial charge on any atom is 0.101 e. The highest BCUT2D eigenvalue weighted by atomic mass is 32.1. The number of pyridine rings is 1. The predicted molar refractivity (Wildman–Crippen MR) is 113 cm³/mol. The molecular formula is C24H14N2S. The molecule has 2 aromatic heterocycles. The van der Waals surface area contributed by atoms with Crippen LogP contribution in [0.1, 0.15) is 5.56 Å². The number of nitriles is 1. The molecule has 0 aliphatic heterocycles. The van der Waals surface area contributed by atoms with E-state index in [2.05, 4.69) is 71.7 Å². The van der Waals surface area contributed by atoms with E-state index in [0.29, 0.717) is 5.56 Å². The van der Waals surface area contributed by atoms with E-state index < -0.39 is 0 Å². The van der Waals surface area contributed by atoms with E-state index in [1.54, 1.807) is 17.5 Å². The summed E-state index contributed by atoms with van der Waals surface area (Å²) in [6, 6.07) is 27.7. The zero-order chi connectivity index (χ0) is 18.2. The summed E-state index contributed by atoms with van der Waals surface area (Å²) in [6.45, 7) is 0. The zero-order valence-electron chi connectivity index (χ0n) is 14.4. The summed E-state index contributed by atoms with van der Waals surface area (Å²) in [5, 5.41) is 11.7. The van der Waals surface area contributed by atoms with Crippen LogP contribution in [0.5, 0.6) is 0 Å². The molecule has 0 spiro atoms. The average molecular weight is 362 g/mol. The number of benzene rings is 3. The Hall–Kier alpha value is -3.48. The van der Waals surface area contributed by atoms with Gasteiger partial charge in [-0.2, -0.15) is 5.26 Å². The van der Waals surface area contributed by atoms with Crippen LogP contribution >= 0.6 is 11.3 Å². The van der Waals surface area contributed by atoms with Crippen molar-refractivity contribution < 1.29 is 0 Å².